The average Bonchev–Trinajstić information content (AvgIpc) is 2.58. The van der Waals surface area contributed by atoms with Gasteiger partial charge in [-0.25, -0.2) is 5.43 Å². The molecule has 0 spiro atoms. The molecule has 2 N–H and O–H groups in total. The Morgan fingerprint density at radius 3 is 2.52 bits per heavy atom. The number of anilines is 1. The van der Waals surface area contributed by atoms with Crippen LogP contribution in [0, 0.1) is 13.8 Å². The van der Waals surface area contributed by atoms with Crippen LogP contribution in [0.1, 0.15) is 16.7 Å². The van der Waals surface area contributed by atoms with Crippen molar-refractivity contribution in [3.63, 3.8) is 0 Å². The number of nitrogens with one attached hydrogen (secondary N) is 2. The lowest BCUT2D eigenvalue weighted by Crippen LogP contribution is -2.32. The van der Waals surface area contributed by atoms with E-state index in [4.69, 9.17) is 4.74 Å². The van der Waals surface area contributed by atoms with E-state index in [1.54, 1.807) is 24.3 Å². The first-order chi connectivity index (χ1) is 11.9. The van der Waals surface area contributed by atoms with Crippen molar-refractivity contribution in [1.82, 2.24) is 5.43 Å². The third kappa shape index (κ3) is 5.15. The Labute approximate surface area is 154 Å². The summed E-state index contributed by atoms with van der Waals surface area (Å²) < 4.78 is 6.04. The third-order valence-electron chi connectivity index (χ3n) is 3.53. The van der Waals surface area contributed by atoms with Gasteiger partial charge in [0.1, 0.15) is 5.75 Å². The molecule has 0 unspecified atom stereocenters. The van der Waals surface area contributed by atoms with Crippen molar-refractivity contribution >= 4 is 39.6 Å². The number of hydrogen-bond acceptors (Lipinski definition) is 4. The van der Waals surface area contributed by atoms with Crippen LogP contribution in [0.15, 0.2) is 46.0 Å². The average molecular weight is 404 g/mol. The summed E-state index contributed by atoms with van der Waals surface area (Å²) in [5.41, 5.74) is 5.54. The summed E-state index contributed by atoms with van der Waals surface area (Å²) in [6.07, 6.45) is 1.41. The molecule has 130 valence electrons. The third-order valence-corrected chi connectivity index (χ3v) is 4.03. The molecule has 0 bridgehead atoms. The van der Waals surface area contributed by atoms with E-state index >= 15 is 0 Å². The summed E-state index contributed by atoms with van der Waals surface area (Å²) in [6.45, 7) is 3.90. The van der Waals surface area contributed by atoms with E-state index in [1.807, 2.05) is 26.0 Å². The Hall–Kier alpha value is -2.67. The summed E-state index contributed by atoms with van der Waals surface area (Å²) in [4.78, 5) is 23.7. The maximum atomic E-state index is 11.9. The maximum Gasteiger partial charge on any atom is 0.329 e. The van der Waals surface area contributed by atoms with Crippen LogP contribution < -0.4 is 15.5 Å². The second-order valence-corrected chi connectivity index (χ2v) is 6.25. The highest BCUT2D eigenvalue weighted by atomic mass is 79.9. The van der Waals surface area contributed by atoms with Crippen molar-refractivity contribution < 1.29 is 14.3 Å². The van der Waals surface area contributed by atoms with Gasteiger partial charge in [0, 0.05) is 15.7 Å². The molecule has 0 saturated carbocycles. The lowest BCUT2D eigenvalue weighted by atomic mass is 10.1. The molecule has 2 rings (SSSR count). The summed E-state index contributed by atoms with van der Waals surface area (Å²) in [5.74, 6) is -1.05. The minimum Gasteiger partial charge on any atom is -0.496 e. The van der Waals surface area contributed by atoms with Gasteiger partial charge < -0.3 is 10.1 Å². The fraction of sp³-hybridized carbons (Fsp3) is 0.167. The number of nitrogens with zero attached hydrogens (tertiary/aromatic N) is 1. The lowest BCUT2D eigenvalue weighted by molar-refractivity contribution is -0.136. The van der Waals surface area contributed by atoms with Crippen LogP contribution in [-0.4, -0.2) is 25.1 Å². The quantitative estimate of drug-likeness (QED) is 0.467. The van der Waals surface area contributed by atoms with Gasteiger partial charge in [0.25, 0.3) is 0 Å². The molecule has 0 saturated heterocycles. The predicted octanol–water partition coefficient (Wildman–Crippen LogP) is 3.16. The van der Waals surface area contributed by atoms with Crippen LogP contribution in [-0.2, 0) is 9.59 Å². The van der Waals surface area contributed by atoms with Crippen LogP contribution in [0.25, 0.3) is 0 Å². The smallest absolute Gasteiger partial charge is 0.329 e. The SMILES string of the molecule is COc1ccc(Br)cc1/C=N\NC(=O)C(=O)Nc1ccc(C)c(C)c1. The number of carbonyl (C=O) groups excluding carboxylic acids is 2. The number of carbonyl (C=O) groups is 2. The number of amides is 2. The number of benzene rings is 2. The zero-order valence-electron chi connectivity index (χ0n) is 14.1. The van der Waals surface area contributed by atoms with E-state index in [0.717, 1.165) is 15.6 Å². The van der Waals surface area contributed by atoms with Gasteiger partial charge >= 0.3 is 11.8 Å². The zero-order chi connectivity index (χ0) is 18.4. The Kier molecular flexibility index (Phi) is 6.30. The molecular weight excluding hydrogens is 386 g/mol. The van der Waals surface area contributed by atoms with Crippen LogP contribution in [0.2, 0.25) is 0 Å². The van der Waals surface area contributed by atoms with Crippen molar-refractivity contribution in [2.24, 2.45) is 5.10 Å². The van der Waals surface area contributed by atoms with E-state index in [2.05, 4.69) is 31.8 Å². The number of hydrazone groups is 1. The molecule has 0 aromatic heterocycles. The van der Waals surface area contributed by atoms with Gasteiger partial charge in [0.2, 0.25) is 0 Å². The first kappa shape index (κ1) is 18.7. The molecule has 0 aliphatic carbocycles. The van der Waals surface area contributed by atoms with Gasteiger partial charge in [-0.05, 0) is 55.3 Å². The molecule has 0 heterocycles. The highest BCUT2D eigenvalue weighted by Crippen LogP contribution is 2.21. The van der Waals surface area contributed by atoms with Gasteiger partial charge in [0.05, 0.1) is 13.3 Å². The minimum atomic E-state index is -0.858. The Morgan fingerprint density at radius 1 is 1.08 bits per heavy atom. The largest absolute Gasteiger partial charge is 0.496 e. The zero-order valence-corrected chi connectivity index (χ0v) is 15.7. The Morgan fingerprint density at radius 2 is 1.84 bits per heavy atom. The lowest BCUT2D eigenvalue weighted by Gasteiger charge is -2.07. The van der Waals surface area contributed by atoms with Crippen LogP contribution in [0.5, 0.6) is 5.75 Å². The highest BCUT2D eigenvalue weighted by molar-refractivity contribution is 9.10. The van der Waals surface area contributed by atoms with Crippen molar-refractivity contribution in [2.75, 3.05) is 12.4 Å². The number of aryl methyl sites for hydroxylation is 2. The molecule has 0 atom stereocenters. The van der Waals surface area contributed by atoms with Crippen molar-refractivity contribution in [1.29, 1.82) is 0 Å². The minimum absolute atomic E-state index is 0.556. The van der Waals surface area contributed by atoms with Gasteiger partial charge in [-0.15, -0.1) is 0 Å². The Bertz CT molecular complexity index is 834. The molecule has 0 radical (unpaired) electrons. The fourth-order valence-corrected chi connectivity index (χ4v) is 2.40. The van der Waals surface area contributed by atoms with Crippen LogP contribution in [0.4, 0.5) is 5.69 Å². The molecule has 0 aliphatic rings. The van der Waals surface area contributed by atoms with E-state index in [9.17, 15) is 9.59 Å². The van der Waals surface area contributed by atoms with E-state index in [-0.39, 0.29) is 0 Å². The molecular formula is C18H18BrN3O3. The monoisotopic (exact) mass is 403 g/mol. The summed E-state index contributed by atoms with van der Waals surface area (Å²) >= 11 is 3.35. The topological polar surface area (TPSA) is 79.8 Å². The molecule has 2 amide bonds. The normalized spacial score (nSPS) is 10.6. The van der Waals surface area contributed by atoms with Gasteiger partial charge in [-0.2, -0.15) is 5.10 Å². The molecule has 7 heteroatoms. The number of halogens is 1. The molecule has 25 heavy (non-hydrogen) atoms. The number of ether oxygens (including phenoxy) is 1. The van der Waals surface area contributed by atoms with Crippen LogP contribution >= 0.6 is 15.9 Å². The van der Waals surface area contributed by atoms with E-state index < -0.39 is 11.8 Å². The van der Waals surface area contributed by atoms with Gasteiger partial charge in [-0.1, -0.05) is 22.0 Å². The first-order valence-corrected chi connectivity index (χ1v) is 8.25. The molecule has 0 fully saturated rings. The van der Waals surface area contributed by atoms with Gasteiger partial charge in [0.15, 0.2) is 0 Å². The fourth-order valence-electron chi connectivity index (χ4n) is 2.02. The standard InChI is InChI=1S/C18H18BrN3O3/c1-11-4-6-15(8-12(11)2)21-17(23)18(24)22-20-10-13-9-14(19)5-7-16(13)25-3/h4-10H,1-3H3,(H,21,23)(H,22,24)/b20-10-. The molecule has 2 aromatic rings. The predicted molar refractivity (Wildman–Crippen MR) is 101 cm³/mol. The van der Waals surface area contributed by atoms with Gasteiger partial charge in [-0.3, -0.25) is 9.59 Å². The van der Waals surface area contributed by atoms with E-state index in [1.165, 1.54) is 13.3 Å². The Balaban J connectivity index is 1.98. The number of hydrogen-bond donors (Lipinski definition) is 2. The van der Waals surface area contributed by atoms with E-state index in [0.29, 0.717) is 17.0 Å². The molecule has 0 aliphatic heterocycles. The molecule has 2 aromatic carbocycles. The summed E-state index contributed by atoms with van der Waals surface area (Å²) in [7, 11) is 1.54. The summed E-state index contributed by atoms with van der Waals surface area (Å²) in [5, 5.41) is 6.33. The number of methoxy groups -OCH3 is 1. The van der Waals surface area contributed by atoms with Crippen molar-refractivity contribution in [3.05, 3.63) is 57.6 Å². The van der Waals surface area contributed by atoms with Crippen LogP contribution in [0.3, 0.4) is 0 Å². The van der Waals surface area contributed by atoms with Crippen molar-refractivity contribution in [3.8, 4) is 5.75 Å². The molecule has 6 nitrogen and oxygen atoms in total. The highest BCUT2D eigenvalue weighted by Gasteiger charge is 2.13. The maximum absolute atomic E-state index is 11.9. The number of rotatable bonds is 4. The second-order valence-electron chi connectivity index (χ2n) is 5.34. The summed E-state index contributed by atoms with van der Waals surface area (Å²) in [6, 6.07) is 10.8. The first-order valence-electron chi connectivity index (χ1n) is 7.46. The second kappa shape index (κ2) is 8.43. The van der Waals surface area contributed by atoms with Crippen molar-refractivity contribution in [2.45, 2.75) is 13.8 Å².